The molecule has 32 valence electrons. The zero-order valence-corrected chi connectivity index (χ0v) is 8.32. The Kier molecular flexibility index (Phi) is 5.04. The molecule has 0 atom stereocenters. The Balaban J connectivity index is 2.19. The second kappa shape index (κ2) is 4.54. The Hall–Kier alpha value is 0.543. The molecular formula is C4H12Ge. The topological polar surface area (TPSA) is 0 Å². The van der Waals surface area contributed by atoms with Crippen LogP contribution in [0.25, 0.3) is 0 Å². The van der Waals surface area contributed by atoms with Crippen LogP contribution in [0.4, 0.5) is 0 Å². The van der Waals surface area contributed by atoms with Gasteiger partial charge in [-0.3, -0.25) is 0 Å². The van der Waals surface area contributed by atoms with E-state index in [0.29, 0.717) is 0 Å². The van der Waals surface area contributed by atoms with Crippen molar-refractivity contribution in [3.63, 3.8) is 0 Å². The molecule has 0 heterocycles. The first-order valence-corrected chi connectivity index (χ1v) is 5.38. The maximum absolute atomic E-state index is 2.24. The van der Waals surface area contributed by atoms with Crippen LogP contribution in [0.2, 0.25) is 5.25 Å². The van der Waals surface area contributed by atoms with Crippen molar-refractivity contribution in [3.8, 4) is 0 Å². The van der Waals surface area contributed by atoms with E-state index in [9.17, 15) is 0 Å². The summed E-state index contributed by atoms with van der Waals surface area (Å²) in [5.41, 5.74) is 0. The molecule has 0 aliphatic carbocycles. The maximum atomic E-state index is 2.24. The Morgan fingerprint density at radius 3 is 2.20 bits per heavy atom. The average molecular weight is 133 g/mol. The van der Waals surface area contributed by atoms with E-state index >= 15 is 0 Å². The third-order valence-electron chi connectivity index (χ3n) is 0.707. The minimum absolute atomic E-state index is 1.11. The molecule has 0 saturated carbocycles. The molecule has 0 bridgehead atoms. The quantitative estimate of drug-likeness (QED) is 0.482. The SMILES string of the molecule is CCC[CH2][GeH3]. The van der Waals surface area contributed by atoms with Gasteiger partial charge in [0.15, 0.2) is 0 Å². The number of unbranched alkanes of at least 4 members (excludes halogenated alkanes) is 1. The van der Waals surface area contributed by atoms with Crippen LogP contribution in [-0.2, 0) is 0 Å². The molecular weight excluding hydrogens is 121 g/mol. The molecule has 0 nitrogen and oxygen atoms in total. The minimum atomic E-state index is 1.11. The summed E-state index contributed by atoms with van der Waals surface area (Å²) in [6, 6.07) is 0. The first-order valence-electron chi connectivity index (χ1n) is 2.41. The molecule has 0 aromatic heterocycles. The van der Waals surface area contributed by atoms with E-state index in [1.807, 2.05) is 0 Å². The van der Waals surface area contributed by atoms with Crippen LogP contribution in [0, 0.1) is 0 Å². The third kappa shape index (κ3) is 4.54. The summed E-state index contributed by atoms with van der Waals surface area (Å²) in [6.07, 6.45) is 2.86. The molecule has 5 heavy (non-hydrogen) atoms. The fourth-order valence-electron chi connectivity index (χ4n) is 0.354. The zero-order valence-electron chi connectivity index (χ0n) is 4.12. The normalized spacial score (nSPS) is 9.00. The molecule has 0 aliphatic rings. The Morgan fingerprint density at radius 2 is 2.20 bits per heavy atom. The molecule has 0 fully saturated rings. The summed E-state index contributed by atoms with van der Waals surface area (Å²) in [6.45, 7) is 2.24. The summed E-state index contributed by atoms with van der Waals surface area (Å²) in [5.74, 6) is 0. The molecule has 0 saturated heterocycles. The van der Waals surface area contributed by atoms with Crippen molar-refractivity contribution in [3.05, 3.63) is 0 Å². The van der Waals surface area contributed by atoms with E-state index in [2.05, 4.69) is 6.92 Å². The van der Waals surface area contributed by atoms with Gasteiger partial charge in [-0.05, 0) is 0 Å². The standard InChI is InChI=1S/C4H12Ge/c1-2-3-4-5/h2-4H2,1,5H3. The molecule has 0 rings (SSSR count). The van der Waals surface area contributed by atoms with Gasteiger partial charge in [0.25, 0.3) is 0 Å². The van der Waals surface area contributed by atoms with Crippen molar-refractivity contribution >= 4 is 16.5 Å². The summed E-state index contributed by atoms with van der Waals surface area (Å²) in [4.78, 5) is 0. The van der Waals surface area contributed by atoms with Crippen molar-refractivity contribution in [1.82, 2.24) is 0 Å². The first-order chi connectivity index (χ1) is 2.41. The second-order valence-corrected chi connectivity index (χ2v) is 3.45. The molecule has 0 aromatic rings. The summed E-state index contributed by atoms with van der Waals surface area (Å²) < 4.78 is 0. The number of rotatable bonds is 2. The van der Waals surface area contributed by atoms with Gasteiger partial charge in [0.05, 0.1) is 0 Å². The van der Waals surface area contributed by atoms with Crippen molar-refractivity contribution in [1.29, 1.82) is 0 Å². The summed E-state index contributed by atoms with van der Waals surface area (Å²) in [7, 11) is 0. The Bertz CT molecular complexity index is 11.1. The van der Waals surface area contributed by atoms with E-state index in [-0.39, 0.29) is 0 Å². The fourth-order valence-corrected chi connectivity index (χ4v) is 1.84. The van der Waals surface area contributed by atoms with E-state index in [0.717, 1.165) is 16.5 Å². The molecule has 0 spiro atoms. The van der Waals surface area contributed by atoms with Crippen LogP contribution in [-0.4, -0.2) is 16.5 Å². The molecule has 0 radical (unpaired) electrons. The number of hydrogen-bond acceptors (Lipinski definition) is 0. The van der Waals surface area contributed by atoms with Gasteiger partial charge in [0.1, 0.15) is 0 Å². The van der Waals surface area contributed by atoms with Crippen LogP contribution in [0.3, 0.4) is 0 Å². The molecule has 0 N–H and O–H groups in total. The Morgan fingerprint density at radius 1 is 1.60 bits per heavy atom. The van der Waals surface area contributed by atoms with E-state index in [4.69, 9.17) is 0 Å². The van der Waals surface area contributed by atoms with Crippen molar-refractivity contribution in [2.45, 2.75) is 25.0 Å². The van der Waals surface area contributed by atoms with Gasteiger partial charge in [-0.1, -0.05) is 0 Å². The van der Waals surface area contributed by atoms with Gasteiger partial charge in [0, 0.05) is 0 Å². The van der Waals surface area contributed by atoms with Gasteiger partial charge in [-0.15, -0.1) is 0 Å². The summed E-state index contributed by atoms with van der Waals surface area (Å²) >= 11 is 1.11. The molecule has 0 unspecified atom stereocenters. The van der Waals surface area contributed by atoms with Gasteiger partial charge in [-0.2, -0.15) is 0 Å². The Labute approximate surface area is 42.2 Å². The zero-order chi connectivity index (χ0) is 4.12. The van der Waals surface area contributed by atoms with Gasteiger partial charge >= 0.3 is 41.5 Å². The van der Waals surface area contributed by atoms with Crippen molar-refractivity contribution in [2.75, 3.05) is 0 Å². The third-order valence-corrected chi connectivity index (χ3v) is 2.19. The van der Waals surface area contributed by atoms with Crippen molar-refractivity contribution < 1.29 is 0 Å². The monoisotopic (exact) mass is 134 g/mol. The van der Waals surface area contributed by atoms with Gasteiger partial charge in [-0.25, -0.2) is 0 Å². The van der Waals surface area contributed by atoms with Crippen LogP contribution >= 0.6 is 0 Å². The van der Waals surface area contributed by atoms with Gasteiger partial charge in [0.2, 0.25) is 0 Å². The van der Waals surface area contributed by atoms with E-state index in [1.54, 1.807) is 0 Å². The molecule has 0 aromatic carbocycles. The summed E-state index contributed by atoms with van der Waals surface area (Å²) in [5, 5.41) is 1.53. The fraction of sp³-hybridized carbons (Fsp3) is 1.00. The van der Waals surface area contributed by atoms with Crippen molar-refractivity contribution in [2.24, 2.45) is 0 Å². The molecule has 0 amide bonds. The van der Waals surface area contributed by atoms with Gasteiger partial charge < -0.3 is 0 Å². The van der Waals surface area contributed by atoms with Crippen LogP contribution in [0.1, 0.15) is 19.8 Å². The predicted octanol–water partition coefficient (Wildman–Crippen LogP) is 0.570. The second-order valence-electron chi connectivity index (χ2n) is 1.35. The van der Waals surface area contributed by atoms with Crippen LogP contribution in [0.15, 0.2) is 0 Å². The first kappa shape index (κ1) is 5.54. The molecule has 1 heteroatoms. The average Bonchev–Trinajstić information content (AvgIpc) is 1.41. The van der Waals surface area contributed by atoms with E-state index < -0.39 is 0 Å². The predicted molar refractivity (Wildman–Crippen MR) is 29.7 cm³/mol. The van der Waals surface area contributed by atoms with E-state index in [1.165, 1.54) is 18.1 Å². The number of hydrogen-bond donors (Lipinski definition) is 0. The molecule has 0 aliphatic heterocycles. The van der Waals surface area contributed by atoms with Crippen LogP contribution < -0.4 is 0 Å². The van der Waals surface area contributed by atoms with Crippen LogP contribution in [0.5, 0.6) is 0 Å².